The summed E-state index contributed by atoms with van der Waals surface area (Å²) in [6.45, 7) is 5.30. The molecule has 1 saturated heterocycles. The second-order valence-corrected chi connectivity index (χ2v) is 5.54. The van der Waals surface area contributed by atoms with Gasteiger partial charge in [0, 0.05) is 0 Å². The molecule has 0 aromatic heterocycles. The van der Waals surface area contributed by atoms with Crippen molar-refractivity contribution < 1.29 is 19.4 Å². The first-order valence-corrected chi connectivity index (χ1v) is 5.71. The van der Waals surface area contributed by atoms with E-state index in [2.05, 4.69) is 0 Å². The van der Waals surface area contributed by atoms with Gasteiger partial charge in [-0.25, -0.2) is 9.59 Å². The molecule has 5 heteroatoms. The molecule has 17 heavy (non-hydrogen) atoms. The monoisotopic (exact) mass is 239 g/mol. The zero-order valence-electron chi connectivity index (χ0n) is 10.3. The Morgan fingerprint density at radius 3 is 2.53 bits per heavy atom. The fourth-order valence-corrected chi connectivity index (χ4v) is 2.42. The minimum absolute atomic E-state index is 0.138. The van der Waals surface area contributed by atoms with Gasteiger partial charge < -0.3 is 9.84 Å². The van der Waals surface area contributed by atoms with Crippen molar-refractivity contribution in [2.24, 2.45) is 0 Å². The van der Waals surface area contributed by atoms with E-state index in [1.807, 2.05) is 0 Å². The van der Waals surface area contributed by atoms with Crippen LogP contribution in [-0.2, 0) is 9.53 Å². The van der Waals surface area contributed by atoms with Crippen LogP contribution in [0.4, 0.5) is 4.79 Å². The molecule has 0 aliphatic carbocycles. The molecule has 2 aliphatic heterocycles. The van der Waals surface area contributed by atoms with Gasteiger partial charge in [0.05, 0.1) is 6.04 Å². The second kappa shape index (κ2) is 3.48. The highest BCUT2D eigenvalue weighted by molar-refractivity contribution is 5.89. The highest BCUT2D eigenvalue weighted by atomic mass is 16.6. The number of hydrogen-bond donors (Lipinski definition) is 1. The molecular formula is C12H17NO4. The van der Waals surface area contributed by atoms with Crippen molar-refractivity contribution in [3.8, 4) is 0 Å². The molecule has 5 nitrogen and oxygen atoms in total. The molecular weight excluding hydrogens is 222 g/mol. The van der Waals surface area contributed by atoms with Crippen molar-refractivity contribution in [3.63, 3.8) is 0 Å². The van der Waals surface area contributed by atoms with E-state index in [0.29, 0.717) is 12.8 Å². The first-order valence-electron chi connectivity index (χ1n) is 5.71. The Kier molecular flexibility index (Phi) is 2.45. The van der Waals surface area contributed by atoms with Gasteiger partial charge in [-0.05, 0) is 39.7 Å². The SMILES string of the molecule is CC(C)(C)OC(=O)N1[C@H]2C=C[C@]1(C(=O)O)CC2. The van der Waals surface area contributed by atoms with E-state index in [1.165, 1.54) is 4.90 Å². The Balaban J connectivity index is 2.23. The number of carboxylic acids is 1. The predicted molar refractivity (Wildman–Crippen MR) is 60.6 cm³/mol. The summed E-state index contributed by atoms with van der Waals surface area (Å²) in [6, 6.07) is -0.138. The highest BCUT2D eigenvalue weighted by Gasteiger charge is 2.56. The maximum atomic E-state index is 12.0. The van der Waals surface area contributed by atoms with E-state index in [1.54, 1.807) is 32.9 Å². The molecule has 1 N–H and O–H groups in total. The van der Waals surface area contributed by atoms with E-state index in [-0.39, 0.29) is 6.04 Å². The molecule has 2 atom stereocenters. The third kappa shape index (κ3) is 1.79. The molecule has 0 saturated carbocycles. The molecule has 2 rings (SSSR count). The lowest BCUT2D eigenvalue weighted by Gasteiger charge is -2.32. The Hall–Kier alpha value is -1.52. The number of fused-ring (bicyclic) bond motifs is 2. The Morgan fingerprint density at radius 1 is 1.47 bits per heavy atom. The zero-order chi connectivity index (χ0) is 12.8. The van der Waals surface area contributed by atoms with Gasteiger partial charge in [-0.2, -0.15) is 0 Å². The summed E-state index contributed by atoms with van der Waals surface area (Å²) in [7, 11) is 0. The highest BCUT2D eigenvalue weighted by Crippen LogP contribution is 2.42. The Labute approximate surface area is 100 Å². The molecule has 0 aromatic rings. The van der Waals surface area contributed by atoms with Crippen molar-refractivity contribution >= 4 is 12.1 Å². The largest absolute Gasteiger partial charge is 0.479 e. The van der Waals surface area contributed by atoms with Crippen LogP contribution in [0.2, 0.25) is 0 Å². The number of carboxylic acid groups (broad SMARTS) is 1. The second-order valence-electron chi connectivity index (χ2n) is 5.54. The lowest BCUT2D eigenvalue weighted by Crippen LogP contribution is -2.52. The molecule has 94 valence electrons. The van der Waals surface area contributed by atoms with Crippen LogP contribution in [0, 0.1) is 0 Å². The fourth-order valence-electron chi connectivity index (χ4n) is 2.42. The number of rotatable bonds is 1. The summed E-state index contributed by atoms with van der Waals surface area (Å²) in [5.41, 5.74) is -1.80. The van der Waals surface area contributed by atoms with Crippen molar-refractivity contribution in [2.75, 3.05) is 0 Å². The molecule has 1 fully saturated rings. The van der Waals surface area contributed by atoms with Crippen LogP contribution in [0.25, 0.3) is 0 Å². The number of carbonyl (C=O) groups is 2. The number of ether oxygens (including phenoxy) is 1. The van der Waals surface area contributed by atoms with E-state index >= 15 is 0 Å². The van der Waals surface area contributed by atoms with Crippen LogP contribution in [0.5, 0.6) is 0 Å². The number of amides is 1. The summed E-state index contributed by atoms with van der Waals surface area (Å²) in [5, 5.41) is 9.31. The minimum atomic E-state index is -1.19. The number of nitrogens with zero attached hydrogens (tertiary/aromatic N) is 1. The molecule has 2 aliphatic rings. The maximum Gasteiger partial charge on any atom is 0.412 e. The summed E-state index contributed by atoms with van der Waals surface area (Å²) in [5.74, 6) is -0.986. The molecule has 2 heterocycles. The molecule has 0 unspecified atom stereocenters. The Morgan fingerprint density at radius 2 is 2.12 bits per heavy atom. The maximum absolute atomic E-state index is 12.0. The van der Waals surface area contributed by atoms with Gasteiger partial charge in [-0.3, -0.25) is 4.90 Å². The standard InChI is InChI=1S/C12H17NO4/c1-11(2,3)17-10(16)13-8-4-6-12(13,7-5-8)9(14)15/h4,6,8H,5,7H2,1-3H3,(H,14,15)/t8-,12+/m0/s1. The van der Waals surface area contributed by atoms with Crippen molar-refractivity contribution in [2.45, 2.75) is 50.8 Å². The van der Waals surface area contributed by atoms with Crippen molar-refractivity contribution in [1.29, 1.82) is 0 Å². The van der Waals surface area contributed by atoms with E-state index in [0.717, 1.165) is 0 Å². The van der Waals surface area contributed by atoms with Gasteiger partial charge in [0.1, 0.15) is 5.60 Å². The number of carbonyl (C=O) groups excluding carboxylic acids is 1. The third-order valence-electron chi connectivity index (χ3n) is 3.14. The van der Waals surface area contributed by atoms with Crippen molar-refractivity contribution in [1.82, 2.24) is 4.90 Å². The van der Waals surface area contributed by atoms with Crippen LogP contribution in [0.15, 0.2) is 12.2 Å². The lowest BCUT2D eigenvalue weighted by atomic mass is 9.94. The average Bonchev–Trinajstić information content (AvgIpc) is 2.70. The summed E-state index contributed by atoms with van der Waals surface area (Å²) < 4.78 is 5.26. The lowest BCUT2D eigenvalue weighted by molar-refractivity contribution is -0.146. The van der Waals surface area contributed by atoms with Gasteiger partial charge in [0.2, 0.25) is 0 Å². The quantitative estimate of drug-likeness (QED) is 0.708. The smallest absolute Gasteiger partial charge is 0.412 e. The third-order valence-corrected chi connectivity index (χ3v) is 3.14. The van der Waals surface area contributed by atoms with Crippen LogP contribution in [0.3, 0.4) is 0 Å². The van der Waals surface area contributed by atoms with Crippen LogP contribution in [-0.4, -0.2) is 39.3 Å². The molecule has 0 radical (unpaired) electrons. The normalized spacial score (nSPS) is 30.8. The molecule has 0 aromatic carbocycles. The number of aliphatic carboxylic acids is 1. The van der Waals surface area contributed by atoms with E-state index in [9.17, 15) is 14.7 Å². The average molecular weight is 239 g/mol. The van der Waals surface area contributed by atoms with Gasteiger partial charge in [-0.1, -0.05) is 6.08 Å². The zero-order valence-corrected chi connectivity index (χ0v) is 10.3. The van der Waals surface area contributed by atoms with Gasteiger partial charge >= 0.3 is 12.1 Å². The van der Waals surface area contributed by atoms with E-state index in [4.69, 9.17) is 4.74 Å². The van der Waals surface area contributed by atoms with Crippen LogP contribution >= 0.6 is 0 Å². The predicted octanol–water partition coefficient (Wildman–Crippen LogP) is 1.78. The van der Waals surface area contributed by atoms with Crippen LogP contribution in [0.1, 0.15) is 33.6 Å². The summed E-state index contributed by atoms with van der Waals surface area (Å²) >= 11 is 0. The first-order chi connectivity index (χ1) is 7.76. The van der Waals surface area contributed by atoms with Gasteiger partial charge in [-0.15, -0.1) is 0 Å². The van der Waals surface area contributed by atoms with Gasteiger partial charge in [0.15, 0.2) is 5.54 Å². The van der Waals surface area contributed by atoms with Gasteiger partial charge in [0.25, 0.3) is 0 Å². The topological polar surface area (TPSA) is 66.8 Å². The molecule has 1 amide bonds. The summed E-state index contributed by atoms with van der Waals surface area (Å²) in [6.07, 6.45) is 3.98. The van der Waals surface area contributed by atoms with E-state index < -0.39 is 23.2 Å². The minimum Gasteiger partial charge on any atom is -0.479 e. The first kappa shape index (κ1) is 12.0. The summed E-state index contributed by atoms with van der Waals surface area (Å²) in [4.78, 5) is 24.7. The Bertz CT molecular complexity index is 396. The molecule has 0 spiro atoms. The number of hydrogen-bond acceptors (Lipinski definition) is 3. The van der Waals surface area contributed by atoms with Crippen molar-refractivity contribution in [3.05, 3.63) is 12.2 Å². The molecule has 2 bridgehead atoms. The van der Waals surface area contributed by atoms with Crippen LogP contribution < -0.4 is 0 Å². The fraction of sp³-hybridized carbons (Fsp3) is 0.667.